The molecule has 0 aliphatic rings. The van der Waals surface area contributed by atoms with Gasteiger partial charge in [-0.15, -0.1) is 10.2 Å². The van der Waals surface area contributed by atoms with Gasteiger partial charge in [0.15, 0.2) is 0 Å². The molecule has 5 N–H and O–H groups in total. The molecule has 0 aliphatic heterocycles. The van der Waals surface area contributed by atoms with Crippen molar-refractivity contribution in [1.82, 2.24) is 0 Å². The van der Waals surface area contributed by atoms with E-state index in [1.807, 2.05) is 0 Å². The summed E-state index contributed by atoms with van der Waals surface area (Å²) in [6, 6.07) is 2.94. The first-order valence-corrected chi connectivity index (χ1v) is 5.37. The van der Waals surface area contributed by atoms with Gasteiger partial charge in [0.25, 0.3) is 5.91 Å². The lowest BCUT2D eigenvalue weighted by Gasteiger charge is -2.10. The normalized spacial score (nSPS) is 11.4. The molecule has 20 heavy (non-hydrogen) atoms. The number of guanidine groups is 1. The summed E-state index contributed by atoms with van der Waals surface area (Å²) < 4.78 is 37.8. The number of hydrogen-bond acceptors (Lipinski definition) is 3. The van der Waals surface area contributed by atoms with Crippen molar-refractivity contribution in [3.05, 3.63) is 28.8 Å². The fourth-order valence-electron chi connectivity index (χ4n) is 1.14. The maximum atomic E-state index is 12.6. The summed E-state index contributed by atoms with van der Waals surface area (Å²) in [6.45, 7) is 0. The molecule has 6 nitrogen and oxygen atoms in total. The second kappa shape index (κ2) is 6.24. The SMILES string of the molecule is NC(N)=N/N=C/C(=O)Nc1ccc(Cl)c(C(F)(F)F)c1. The second-order valence-corrected chi connectivity index (χ2v) is 3.86. The Kier molecular flexibility index (Phi) is 4.92. The van der Waals surface area contributed by atoms with E-state index in [9.17, 15) is 18.0 Å². The molecule has 0 radical (unpaired) electrons. The zero-order chi connectivity index (χ0) is 15.3. The molecule has 0 aromatic heterocycles. The van der Waals surface area contributed by atoms with Crippen molar-refractivity contribution in [1.29, 1.82) is 0 Å². The summed E-state index contributed by atoms with van der Waals surface area (Å²) in [6.07, 6.45) is -3.91. The highest BCUT2D eigenvalue weighted by Crippen LogP contribution is 2.36. The highest BCUT2D eigenvalue weighted by Gasteiger charge is 2.33. The van der Waals surface area contributed by atoms with Crippen LogP contribution in [0.25, 0.3) is 0 Å². The van der Waals surface area contributed by atoms with Gasteiger partial charge in [0.05, 0.1) is 10.6 Å². The summed E-state index contributed by atoms with van der Waals surface area (Å²) >= 11 is 5.43. The maximum absolute atomic E-state index is 12.6. The Morgan fingerprint density at radius 2 is 2.00 bits per heavy atom. The monoisotopic (exact) mass is 307 g/mol. The zero-order valence-corrected chi connectivity index (χ0v) is 10.5. The van der Waals surface area contributed by atoms with E-state index in [-0.39, 0.29) is 11.6 Å². The summed E-state index contributed by atoms with van der Waals surface area (Å²) in [5.41, 5.74) is 8.76. The number of halogens is 4. The third-order valence-electron chi connectivity index (χ3n) is 1.89. The van der Waals surface area contributed by atoms with Gasteiger partial charge in [0.2, 0.25) is 5.96 Å². The van der Waals surface area contributed by atoms with Crippen LogP contribution in [0.1, 0.15) is 5.56 Å². The number of carbonyl (C=O) groups excluding carboxylic acids is 1. The van der Waals surface area contributed by atoms with Gasteiger partial charge in [0.1, 0.15) is 6.21 Å². The molecule has 0 saturated carbocycles. The van der Waals surface area contributed by atoms with Gasteiger partial charge >= 0.3 is 6.18 Å². The zero-order valence-electron chi connectivity index (χ0n) is 9.78. The van der Waals surface area contributed by atoms with Crippen LogP contribution < -0.4 is 16.8 Å². The van der Waals surface area contributed by atoms with E-state index in [1.165, 1.54) is 6.07 Å². The van der Waals surface area contributed by atoms with Crippen molar-refractivity contribution in [2.75, 3.05) is 5.32 Å². The topological polar surface area (TPSA) is 106 Å². The molecule has 0 aliphatic carbocycles. The van der Waals surface area contributed by atoms with E-state index in [0.717, 1.165) is 6.07 Å². The van der Waals surface area contributed by atoms with Gasteiger partial charge < -0.3 is 16.8 Å². The Morgan fingerprint density at radius 3 is 2.55 bits per heavy atom. The number of nitrogens with two attached hydrogens (primary N) is 2. The summed E-state index contributed by atoms with van der Waals surface area (Å²) in [4.78, 5) is 11.3. The third kappa shape index (κ3) is 4.76. The van der Waals surface area contributed by atoms with E-state index in [0.29, 0.717) is 12.3 Å². The molecule has 0 unspecified atom stereocenters. The molecule has 0 saturated heterocycles. The molecule has 0 fully saturated rings. The van der Waals surface area contributed by atoms with Gasteiger partial charge in [-0.3, -0.25) is 4.79 Å². The smallest absolute Gasteiger partial charge is 0.369 e. The summed E-state index contributed by atoms with van der Waals surface area (Å²) in [5.74, 6) is -1.16. The number of nitrogens with zero attached hydrogens (tertiary/aromatic N) is 2. The predicted molar refractivity (Wildman–Crippen MR) is 69.4 cm³/mol. The number of rotatable bonds is 3. The maximum Gasteiger partial charge on any atom is 0.417 e. The van der Waals surface area contributed by atoms with Gasteiger partial charge in [-0.1, -0.05) is 11.6 Å². The van der Waals surface area contributed by atoms with Crippen LogP contribution in [-0.4, -0.2) is 18.1 Å². The standard InChI is InChI=1S/C10H9ClF3N5O/c11-7-2-1-5(3-6(7)10(12,13)14)18-8(20)4-17-19-9(15)16/h1-4H,(H,18,20)(H4,15,16,19)/b17-4+. The molecule has 1 amide bonds. The van der Waals surface area contributed by atoms with Crippen LogP contribution in [0.15, 0.2) is 28.4 Å². The quantitative estimate of drug-likeness (QED) is 0.448. The Morgan fingerprint density at radius 1 is 1.35 bits per heavy atom. The second-order valence-electron chi connectivity index (χ2n) is 3.45. The number of anilines is 1. The van der Waals surface area contributed by atoms with Crippen molar-refractivity contribution in [2.45, 2.75) is 6.18 Å². The highest BCUT2D eigenvalue weighted by atomic mass is 35.5. The molecule has 1 aromatic carbocycles. The van der Waals surface area contributed by atoms with E-state index in [1.54, 1.807) is 0 Å². The lowest BCUT2D eigenvalue weighted by molar-refractivity contribution is -0.137. The summed E-state index contributed by atoms with van der Waals surface area (Å²) in [7, 11) is 0. The number of hydrogen-bond donors (Lipinski definition) is 3. The Hall–Kier alpha value is -2.29. The van der Waals surface area contributed by atoms with Crippen molar-refractivity contribution >= 4 is 35.4 Å². The molecule has 0 bridgehead atoms. The van der Waals surface area contributed by atoms with Crippen molar-refractivity contribution in [3.63, 3.8) is 0 Å². The number of carbonyl (C=O) groups is 1. The van der Waals surface area contributed by atoms with Gasteiger partial charge in [-0.2, -0.15) is 13.2 Å². The van der Waals surface area contributed by atoms with Crippen LogP contribution in [0.3, 0.4) is 0 Å². The van der Waals surface area contributed by atoms with Crippen LogP contribution in [0.5, 0.6) is 0 Å². The lowest BCUT2D eigenvalue weighted by Crippen LogP contribution is -2.22. The molecule has 1 rings (SSSR count). The molecule has 0 spiro atoms. The predicted octanol–water partition coefficient (Wildman–Crippen LogP) is 1.56. The minimum atomic E-state index is -4.62. The van der Waals surface area contributed by atoms with Gasteiger partial charge in [-0.05, 0) is 18.2 Å². The van der Waals surface area contributed by atoms with E-state index < -0.39 is 22.7 Å². The number of benzene rings is 1. The number of amides is 1. The van der Waals surface area contributed by atoms with Gasteiger partial charge in [-0.25, -0.2) is 0 Å². The molecule has 10 heteroatoms. The van der Waals surface area contributed by atoms with Crippen LogP contribution in [0.4, 0.5) is 18.9 Å². The minimum absolute atomic E-state index is 0.0946. The van der Waals surface area contributed by atoms with E-state index in [4.69, 9.17) is 23.1 Å². The Bertz CT molecular complexity index is 567. The summed E-state index contributed by atoms with van der Waals surface area (Å²) in [5, 5.41) is 8.05. The average Bonchev–Trinajstić information content (AvgIpc) is 2.29. The lowest BCUT2D eigenvalue weighted by atomic mass is 10.2. The number of nitrogens with one attached hydrogen (secondary N) is 1. The molecule has 0 heterocycles. The van der Waals surface area contributed by atoms with Crippen molar-refractivity contribution in [2.24, 2.45) is 21.7 Å². The van der Waals surface area contributed by atoms with E-state index >= 15 is 0 Å². The van der Waals surface area contributed by atoms with Crippen LogP contribution in [-0.2, 0) is 11.0 Å². The first-order valence-electron chi connectivity index (χ1n) is 5.00. The molecule has 1 aromatic rings. The third-order valence-corrected chi connectivity index (χ3v) is 2.22. The Balaban J connectivity index is 2.87. The molecular weight excluding hydrogens is 299 g/mol. The molecule has 0 atom stereocenters. The highest BCUT2D eigenvalue weighted by molar-refractivity contribution is 6.32. The van der Waals surface area contributed by atoms with E-state index in [2.05, 4.69) is 15.5 Å². The largest absolute Gasteiger partial charge is 0.417 e. The number of alkyl halides is 3. The first kappa shape index (κ1) is 15.8. The fraction of sp³-hybridized carbons (Fsp3) is 0.100. The van der Waals surface area contributed by atoms with Crippen molar-refractivity contribution in [3.8, 4) is 0 Å². The molecular formula is C10H9ClF3N5O. The first-order chi connectivity index (χ1) is 9.20. The minimum Gasteiger partial charge on any atom is -0.369 e. The Labute approximate surface area is 116 Å². The molecule has 108 valence electrons. The fourth-order valence-corrected chi connectivity index (χ4v) is 1.37. The van der Waals surface area contributed by atoms with Crippen molar-refractivity contribution < 1.29 is 18.0 Å². The van der Waals surface area contributed by atoms with Crippen LogP contribution in [0.2, 0.25) is 5.02 Å². The van der Waals surface area contributed by atoms with Crippen LogP contribution >= 0.6 is 11.6 Å². The van der Waals surface area contributed by atoms with Crippen LogP contribution in [0, 0.1) is 0 Å². The van der Waals surface area contributed by atoms with Gasteiger partial charge in [0, 0.05) is 5.69 Å². The average molecular weight is 308 g/mol.